The number of hydrogen-bond acceptors (Lipinski definition) is 4. The Bertz CT molecular complexity index is 909. The zero-order valence-electron chi connectivity index (χ0n) is 16.3. The number of fused-ring (bicyclic) bond motifs is 2. The van der Waals surface area contributed by atoms with Crippen LogP contribution in [0.25, 0.3) is 0 Å². The van der Waals surface area contributed by atoms with E-state index in [9.17, 15) is 9.18 Å². The molecule has 1 amide bonds. The van der Waals surface area contributed by atoms with Gasteiger partial charge < -0.3 is 15.8 Å². The molecule has 2 aliphatic rings. The molecule has 2 unspecified atom stereocenters. The van der Waals surface area contributed by atoms with Gasteiger partial charge in [-0.05, 0) is 65.4 Å². The Morgan fingerprint density at radius 3 is 2.66 bits per heavy atom. The monoisotopic (exact) mass is 461 g/mol. The summed E-state index contributed by atoms with van der Waals surface area (Å²) in [7, 11) is 1.53. The van der Waals surface area contributed by atoms with Gasteiger partial charge in [0.15, 0.2) is 0 Å². The topological polar surface area (TPSA) is 67.6 Å². The summed E-state index contributed by atoms with van der Waals surface area (Å²) in [6.07, 6.45) is 4.03. The molecule has 0 aliphatic carbocycles. The zero-order chi connectivity index (χ0) is 20.5. The molecule has 2 fully saturated rings. The molecular formula is C22H25BrFN3O2. The number of nitrogens with zero attached hydrogens (tertiary/aromatic N) is 1. The van der Waals surface area contributed by atoms with Crippen LogP contribution in [0.15, 0.2) is 40.9 Å². The Hall–Kier alpha value is -2.12. The summed E-state index contributed by atoms with van der Waals surface area (Å²) in [5, 5.41) is 3.18. The second kappa shape index (κ2) is 8.32. The zero-order valence-corrected chi connectivity index (χ0v) is 17.9. The lowest BCUT2D eigenvalue weighted by Gasteiger charge is -2.39. The van der Waals surface area contributed by atoms with Crippen LogP contribution >= 0.6 is 15.9 Å². The van der Waals surface area contributed by atoms with Gasteiger partial charge in [0.1, 0.15) is 11.6 Å². The molecule has 0 radical (unpaired) electrons. The molecule has 5 nitrogen and oxygen atoms in total. The maximum absolute atomic E-state index is 13.5. The van der Waals surface area contributed by atoms with Gasteiger partial charge in [0, 0.05) is 40.9 Å². The second-order valence-electron chi connectivity index (χ2n) is 7.90. The van der Waals surface area contributed by atoms with Crippen molar-refractivity contribution in [3.8, 4) is 5.75 Å². The van der Waals surface area contributed by atoms with Gasteiger partial charge in [0.05, 0.1) is 12.7 Å². The minimum Gasteiger partial charge on any atom is -0.496 e. The van der Waals surface area contributed by atoms with Crippen molar-refractivity contribution in [2.24, 2.45) is 0 Å². The van der Waals surface area contributed by atoms with Crippen LogP contribution in [0.5, 0.6) is 5.75 Å². The highest BCUT2D eigenvalue weighted by atomic mass is 79.9. The maximum Gasteiger partial charge on any atom is 0.255 e. The van der Waals surface area contributed by atoms with Crippen LogP contribution in [0.2, 0.25) is 0 Å². The van der Waals surface area contributed by atoms with Crippen molar-refractivity contribution in [2.45, 2.75) is 50.4 Å². The van der Waals surface area contributed by atoms with Crippen LogP contribution in [-0.4, -0.2) is 36.0 Å². The molecule has 0 saturated carbocycles. The normalized spacial score (nSPS) is 23.8. The molecule has 2 atom stereocenters. The number of ether oxygens (including phenoxy) is 1. The molecule has 4 rings (SSSR count). The summed E-state index contributed by atoms with van der Waals surface area (Å²) in [4.78, 5) is 15.4. The molecule has 0 spiro atoms. The lowest BCUT2D eigenvalue weighted by molar-refractivity contribution is 0.0825. The van der Waals surface area contributed by atoms with E-state index in [2.05, 4.69) is 26.1 Å². The molecule has 7 heteroatoms. The molecule has 2 aromatic rings. The van der Waals surface area contributed by atoms with Crippen LogP contribution in [0.4, 0.5) is 10.1 Å². The van der Waals surface area contributed by atoms with Gasteiger partial charge >= 0.3 is 0 Å². The number of anilines is 1. The van der Waals surface area contributed by atoms with E-state index in [1.54, 1.807) is 24.3 Å². The fourth-order valence-electron chi connectivity index (χ4n) is 4.67. The number of nitrogen functional groups attached to an aromatic ring is 1. The van der Waals surface area contributed by atoms with Gasteiger partial charge in [-0.15, -0.1) is 0 Å². The van der Waals surface area contributed by atoms with Gasteiger partial charge in [0.25, 0.3) is 5.91 Å². The Kier molecular flexibility index (Phi) is 5.79. The predicted octanol–water partition coefficient (Wildman–Crippen LogP) is 4.10. The van der Waals surface area contributed by atoms with E-state index in [0.717, 1.165) is 37.8 Å². The lowest BCUT2D eigenvalue weighted by Crippen LogP contribution is -2.50. The number of methoxy groups -OCH3 is 1. The van der Waals surface area contributed by atoms with Gasteiger partial charge in [-0.25, -0.2) is 4.39 Å². The fourth-order valence-corrected chi connectivity index (χ4v) is 5.02. The van der Waals surface area contributed by atoms with E-state index in [4.69, 9.17) is 10.5 Å². The summed E-state index contributed by atoms with van der Waals surface area (Å²) in [6.45, 7) is 0.756. The number of carbonyl (C=O) groups excluding carboxylic acids is 1. The summed E-state index contributed by atoms with van der Waals surface area (Å²) in [5.74, 6) is 0.126. The van der Waals surface area contributed by atoms with E-state index >= 15 is 0 Å². The summed E-state index contributed by atoms with van der Waals surface area (Å²) >= 11 is 3.38. The van der Waals surface area contributed by atoms with E-state index in [-0.39, 0.29) is 17.8 Å². The predicted molar refractivity (Wildman–Crippen MR) is 114 cm³/mol. The first-order valence-electron chi connectivity index (χ1n) is 9.88. The molecule has 2 aliphatic heterocycles. The van der Waals surface area contributed by atoms with Crippen molar-refractivity contribution < 1.29 is 13.9 Å². The quantitative estimate of drug-likeness (QED) is 0.657. The maximum atomic E-state index is 13.5. The molecule has 154 valence electrons. The van der Waals surface area contributed by atoms with Crippen molar-refractivity contribution >= 4 is 27.5 Å². The van der Waals surface area contributed by atoms with E-state index in [1.807, 2.05) is 6.07 Å². The van der Waals surface area contributed by atoms with Crippen molar-refractivity contribution in [1.82, 2.24) is 10.2 Å². The number of nitrogens with one attached hydrogen (secondary N) is 1. The number of benzene rings is 2. The largest absolute Gasteiger partial charge is 0.496 e. The van der Waals surface area contributed by atoms with Crippen molar-refractivity contribution in [2.75, 3.05) is 12.8 Å². The SMILES string of the molecule is COc1cc(N)c(Br)cc1C(=O)NC1CC2CCC(C1)N2Cc1cccc(F)c1. The number of nitrogens with two attached hydrogens (primary N) is 1. The third-order valence-electron chi connectivity index (χ3n) is 6.04. The van der Waals surface area contributed by atoms with Crippen LogP contribution in [0, 0.1) is 5.82 Å². The molecule has 2 bridgehead atoms. The van der Waals surface area contributed by atoms with E-state index in [0.29, 0.717) is 33.6 Å². The molecule has 29 heavy (non-hydrogen) atoms. The first-order chi connectivity index (χ1) is 13.9. The highest BCUT2D eigenvalue weighted by molar-refractivity contribution is 9.10. The third-order valence-corrected chi connectivity index (χ3v) is 6.72. The van der Waals surface area contributed by atoms with Crippen LogP contribution in [0.1, 0.15) is 41.6 Å². The number of hydrogen-bond donors (Lipinski definition) is 2. The van der Waals surface area contributed by atoms with Crippen molar-refractivity contribution in [3.05, 3.63) is 57.8 Å². The average Bonchev–Trinajstić information content (AvgIpc) is 2.92. The number of rotatable bonds is 5. The average molecular weight is 462 g/mol. The molecule has 2 saturated heterocycles. The van der Waals surface area contributed by atoms with Gasteiger partial charge in [-0.3, -0.25) is 9.69 Å². The lowest BCUT2D eigenvalue weighted by atomic mass is 9.96. The Balaban J connectivity index is 1.43. The second-order valence-corrected chi connectivity index (χ2v) is 8.76. The van der Waals surface area contributed by atoms with E-state index < -0.39 is 0 Å². The van der Waals surface area contributed by atoms with Crippen molar-refractivity contribution in [3.63, 3.8) is 0 Å². The highest BCUT2D eigenvalue weighted by Crippen LogP contribution is 2.37. The standard InChI is InChI=1S/C22H25BrFN3O2/c1-29-21-11-20(25)19(23)10-18(21)22(28)26-15-8-16-5-6-17(9-15)27(16)12-13-3-2-4-14(24)7-13/h2-4,7,10-11,15-17H,5-6,8-9,12,25H2,1H3,(H,26,28). The molecule has 0 aromatic heterocycles. The smallest absolute Gasteiger partial charge is 0.255 e. The molecule has 3 N–H and O–H groups in total. The van der Waals surface area contributed by atoms with Crippen LogP contribution < -0.4 is 15.8 Å². The fraction of sp³-hybridized carbons (Fsp3) is 0.409. The Morgan fingerprint density at radius 2 is 2.00 bits per heavy atom. The number of piperidine rings is 1. The number of amides is 1. The third kappa shape index (κ3) is 4.26. The summed E-state index contributed by atoms with van der Waals surface area (Å²) in [5.41, 5.74) is 7.90. The van der Waals surface area contributed by atoms with Crippen LogP contribution in [-0.2, 0) is 6.54 Å². The van der Waals surface area contributed by atoms with Crippen LogP contribution in [0.3, 0.4) is 0 Å². The van der Waals surface area contributed by atoms with Gasteiger partial charge in [-0.2, -0.15) is 0 Å². The van der Waals surface area contributed by atoms with Gasteiger partial charge in [-0.1, -0.05) is 12.1 Å². The molecule has 2 heterocycles. The van der Waals surface area contributed by atoms with Gasteiger partial charge in [0.2, 0.25) is 0 Å². The van der Waals surface area contributed by atoms with Crippen molar-refractivity contribution in [1.29, 1.82) is 0 Å². The minimum atomic E-state index is -0.194. The molecule has 2 aromatic carbocycles. The van der Waals surface area contributed by atoms with E-state index in [1.165, 1.54) is 13.2 Å². The Morgan fingerprint density at radius 1 is 1.28 bits per heavy atom. The Labute approximate surface area is 178 Å². The number of halogens is 2. The first-order valence-corrected chi connectivity index (χ1v) is 10.7. The molecular weight excluding hydrogens is 437 g/mol. The number of carbonyl (C=O) groups is 1. The highest BCUT2D eigenvalue weighted by Gasteiger charge is 2.41. The first kappa shape index (κ1) is 20.2. The summed E-state index contributed by atoms with van der Waals surface area (Å²) in [6, 6.07) is 11.1. The minimum absolute atomic E-state index is 0.116. The summed E-state index contributed by atoms with van der Waals surface area (Å²) < 4.78 is 19.5.